The zero-order valence-corrected chi connectivity index (χ0v) is 15.5. The van der Waals surface area contributed by atoms with Gasteiger partial charge >= 0.3 is 0 Å². The van der Waals surface area contributed by atoms with E-state index in [1.54, 1.807) is 15.9 Å². The first-order chi connectivity index (χ1) is 13.2. The van der Waals surface area contributed by atoms with Gasteiger partial charge in [0.05, 0.1) is 11.1 Å². The van der Waals surface area contributed by atoms with Gasteiger partial charge in [0.2, 0.25) is 6.41 Å². The van der Waals surface area contributed by atoms with Crippen molar-refractivity contribution in [1.29, 1.82) is 0 Å². The summed E-state index contributed by atoms with van der Waals surface area (Å²) < 4.78 is 0. The van der Waals surface area contributed by atoms with Gasteiger partial charge in [-0.25, -0.2) is 0 Å². The van der Waals surface area contributed by atoms with E-state index in [0.29, 0.717) is 43.9 Å². The molecule has 27 heavy (non-hydrogen) atoms. The number of amides is 3. The number of rotatable bonds is 6. The molecular formula is C20H26N4O3. The summed E-state index contributed by atoms with van der Waals surface area (Å²) >= 11 is 0. The molecule has 0 saturated carbocycles. The van der Waals surface area contributed by atoms with Crippen LogP contribution in [-0.2, 0) is 4.79 Å². The zero-order chi connectivity index (χ0) is 19.1. The van der Waals surface area contributed by atoms with Gasteiger partial charge in [-0.15, -0.1) is 0 Å². The largest absolute Gasteiger partial charge is 0.352 e. The molecule has 1 aliphatic heterocycles. The first-order valence-corrected chi connectivity index (χ1v) is 9.57. The molecule has 1 fully saturated rings. The molecule has 7 nitrogen and oxygen atoms in total. The molecule has 1 saturated heterocycles. The number of carbonyl (C=O) groups excluding carboxylic acids is 3. The van der Waals surface area contributed by atoms with Crippen molar-refractivity contribution in [2.75, 3.05) is 32.7 Å². The molecular weight excluding hydrogens is 344 g/mol. The quantitative estimate of drug-likeness (QED) is 0.609. The highest BCUT2D eigenvalue weighted by Gasteiger charge is 2.22. The standard InChI is InChI=1S/C20H26N4O3/c25-15-23-8-10-24(11-9-23)20(27)18-12-17(13-21-14-18)19(26)22-7-6-16-4-2-1-3-5-16/h4,12-15H,1-3,5-11H2,(H,22,26). The topological polar surface area (TPSA) is 82.6 Å². The lowest BCUT2D eigenvalue weighted by atomic mass is 9.97. The van der Waals surface area contributed by atoms with Crippen molar-refractivity contribution in [3.05, 3.63) is 41.2 Å². The minimum Gasteiger partial charge on any atom is -0.352 e. The lowest BCUT2D eigenvalue weighted by Gasteiger charge is -2.32. The van der Waals surface area contributed by atoms with Crippen LogP contribution in [-0.4, -0.2) is 65.7 Å². The van der Waals surface area contributed by atoms with Gasteiger partial charge in [0.1, 0.15) is 0 Å². The zero-order valence-electron chi connectivity index (χ0n) is 15.5. The summed E-state index contributed by atoms with van der Waals surface area (Å²) in [5, 5.41) is 2.92. The SMILES string of the molecule is O=CN1CCN(C(=O)c2cncc(C(=O)NCCC3=CCCCC3)c2)CC1. The summed E-state index contributed by atoms with van der Waals surface area (Å²) in [6, 6.07) is 1.59. The lowest BCUT2D eigenvalue weighted by molar-refractivity contribution is -0.119. The molecule has 3 rings (SSSR count). The number of piperazine rings is 1. The molecule has 3 amide bonds. The van der Waals surface area contributed by atoms with Crippen LogP contribution in [0.5, 0.6) is 0 Å². The Morgan fingerprint density at radius 3 is 2.59 bits per heavy atom. The van der Waals surface area contributed by atoms with E-state index in [2.05, 4.69) is 16.4 Å². The van der Waals surface area contributed by atoms with E-state index in [-0.39, 0.29) is 11.8 Å². The van der Waals surface area contributed by atoms with Gasteiger partial charge in [0.15, 0.2) is 0 Å². The van der Waals surface area contributed by atoms with Gasteiger partial charge < -0.3 is 15.1 Å². The van der Waals surface area contributed by atoms with Crippen LogP contribution in [0.15, 0.2) is 30.1 Å². The van der Waals surface area contributed by atoms with Gasteiger partial charge in [0.25, 0.3) is 11.8 Å². The van der Waals surface area contributed by atoms with Crippen LogP contribution >= 0.6 is 0 Å². The molecule has 0 unspecified atom stereocenters. The molecule has 0 aromatic carbocycles. The molecule has 0 radical (unpaired) electrons. The molecule has 0 atom stereocenters. The van der Waals surface area contributed by atoms with Crippen molar-refractivity contribution in [3.63, 3.8) is 0 Å². The second-order valence-electron chi connectivity index (χ2n) is 7.01. The minimum absolute atomic E-state index is 0.157. The van der Waals surface area contributed by atoms with Gasteiger partial charge in [0, 0.05) is 45.1 Å². The third kappa shape index (κ3) is 5.15. The van der Waals surface area contributed by atoms with Crippen molar-refractivity contribution in [3.8, 4) is 0 Å². The summed E-state index contributed by atoms with van der Waals surface area (Å²) in [4.78, 5) is 43.2. The Morgan fingerprint density at radius 2 is 1.89 bits per heavy atom. The van der Waals surface area contributed by atoms with Crippen LogP contribution in [0.3, 0.4) is 0 Å². The Balaban J connectivity index is 1.54. The van der Waals surface area contributed by atoms with E-state index >= 15 is 0 Å². The highest BCUT2D eigenvalue weighted by atomic mass is 16.2. The predicted molar refractivity (Wildman–Crippen MR) is 101 cm³/mol. The van der Waals surface area contributed by atoms with E-state index in [4.69, 9.17) is 0 Å². The number of carbonyl (C=O) groups is 3. The summed E-state index contributed by atoms with van der Waals surface area (Å²) in [7, 11) is 0. The average Bonchev–Trinajstić information content (AvgIpc) is 2.74. The molecule has 0 spiro atoms. The van der Waals surface area contributed by atoms with Gasteiger partial charge in [-0.3, -0.25) is 19.4 Å². The third-order valence-corrected chi connectivity index (χ3v) is 5.11. The molecule has 1 aromatic rings. The number of nitrogens with one attached hydrogen (secondary N) is 1. The maximum Gasteiger partial charge on any atom is 0.255 e. The second kappa shape index (κ2) is 9.30. The fraction of sp³-hybridized carbons (Fsp3) is 0.500. The summed E-state index contributed by atoms with van der Waals surface area (Å²) in [5.41, 5.74) is 2.21. The molecule has 7 heteroatoms. The van der Waals surface area contributed by atoms with Crippen molar-refractivity contribution in [2.24, 2.45) is 0 Å². The van der Waals surface area contributed by atoms with Crippen LogP contribution in [0.1, 0.15) is 52.8 Å². The Kier molecular flexibility index (Phi) is 6.57. The van der Waals surface area contributed by atoms with Crippen molar-refractivity contribution >= 4 is 18.2 Å². The van der Waals surface area contributed by atoms with E-state index in [9.17, 15) is 14.4 Å². The van der Waals surface area contributed by atoms with E-state index < -0.39 is 0 Å². The smallest absolute Gasteiger partial charge is 0.255 e. The predicted octanol–water partition coefficient (Wildman–Crippen LogP) is 1.62. The summed E-state index contributed by atoms with van der Waals surface area (Å²) in [6.45, 7) is 2.63. The lowest BCUT2D eigenvalue weighted by Crippen LogP contribution is -2.48. The number of pyridine rings is 1. The second-order valence-corrected chi connectivity index (χ2v) is 7.01. The molecule has 2 heterocycles. The number of hydrogen-bond donors (Lipinski definition) is 1. The van der Waals surface area contributed by atoms with Gasteiger partial charge in [-0.2, -0.15) is 0 Å². The molecule has 1 aliphatic carbocycles. The van der Waals surface area contributed by atoms with Crippen LogP contribution in [0.4, 0.5) is 0 Å². The van der Waals surface area contributed by atoms with Crippen molar-refractivity contribution < 1.29 is 14.4 Å². The monoisotopic (exact) mass is 370 g/mol. The summed E-state index contributed by atoms with van der Waals surface area (Å²) in [5.74, 6) is -0.366. The maximum atomic E-state index is 12.6. The number of aromatic nitrogens is 1. The Bertz CT molecular complexity index is 724. The summed E-state index contributed by atoms with van der Waals surface area (Å²) in [6.07, 6.45) is 11.7. The Hall–Kier alpha value is -2.70. The number of nitrogens with zero attached hydrogens (tertiary/aromatic N) is 3. The van der Waals surface area contributed by atoms with Crippen LogP contribution < -0.4 is 5.32 Å². The molecule has 1 aromatic heterocycles. The van der Waals surface area contributed by atoms with Gasteiger partial charge in [-0.05, 0) is 38.2 Å². The molecule has 144 valence electrons. The van der Waals surface area contributed by atoms with Gasteiger partial charge in [-0.1, -0.05) is 11.6 Å². The van der Waals surface area contributed by atoms with Crippen LogP contribution in [0, 0.1) is 0 Å². The van der Waals surface area contributed by atoms with Crippen LogP contribution in [0.2, 0.25) is 0 Å². The fourth-order valence-corrected chi connectivity index (χ4v) is 3.46. The van der Waals surface area contributed by atoms with Crippen LogP contribution in [0.25, 0.3) is 0 Å². The van der Waals surface area contributed by atoms with E-state index in [1.165, 1.54) is 30.8 Å². The fourth-order valence-electron chi connectivity index (χ4n) is 3.46. The average molecular weight is 370 g/mol. The third-order valence-electron chi connectivity index (χ3n) is 5.11. The van der Waals surface area contributed by atoms with E-state index in [0.717, 1.165) is 25.7 Å². The minimum atomic E-state index is -0.209. The number of allylic oxidation sites excluding steroid dienone is 1. The highest BCUT2D eigenvalue weighted by molar-refractivity contribution is 5.99. The first kappa shape index (κ1) is 19.1. The molecule has 1 N–H and O–H groups in total. The van der Waals surface area contributed by atoms with Crippen molar-refractivity contribution in [2.45, 2.75) is 32.1 Å². The Morgan fingerprint density at radius 1 is 1.11 bits per heavy atom. The maximum absolute atomic E-state index is 12.6. The normalized spacial score (nSPS) is 17.3. The van der Waals surface area contributed by atoms with E-state index in [1.807, 2.05) is 0 Å². The van der Waals surface area contributed by atoms with Crippen molar-refractivity contribution in [1.82, 2.24) is 20.1 Å². The highest BCUT2D eigenvalue weighted by Crippen LogP contribution is 2.19. The molecule has 2 aliphatic rings. The number of hydrogen-bond acceptors (Lipinski definition) is 4. The molecule has 0 bridgehead atoms. The first-order valence-electron chi connectivity index (χ1n) is 9.57. The Labute approximate surface area is 159 Å².